The minimum absolute atomic E-state index is 0.0913. The smallest absolute Gasteiger partial charge is 0.238 e. The highest BCUT2D eigenvalue weighted by Crippen LogP contribution is 2.39. The first-order valence-electron chi connectivity index (χ1n) is 14.6. The highest BCUT2D eigenvalue weighted by Gasteiger charge is 2.22. The van der Waals surface area contributed by atoms with Crippen molar-refractivity contribution in [3.05, 3.63) is 90.5 Å². The van der Waals surface area contributed by atoms with Crippen molar-refractivity contribution in [2.45, 2.75) is 32.6 Å². The minimum atomic E-state index is -3.03. The fourth-order valence-corrected chi connectivity index (χ4v) is 5.54. The van der Waals surface area contributed by atoms with Crippen molar-refractivity contribution in [2.24, 2.45) is 0 Å². The molecule has 0 saturated heterocycles. The van der Waals surface area contributed by atoms with Gasteiger partial charge in [-0.2, -0.15) is 0 Å². The number of halogens is 2. The third-order valence-electron chi connectivity index (χ3n) is 7.30. The molecule has 1 atom stereocenters. The van der Waals surface area contributed by atoms with Gasteiger partial charge in [0.2, 0.25) is 11.8 Å². The second kappa shape index (κ2) is 14.9. The molecule has 5 aromatic rings. The number of carbonyl (C=O) groups is 1. The summed E-state index contributed by atoms with van der Waals surface area (Å²) < 4.78 is 65.2. The first kappa shape index (κ1) is 33.2. The van der Waals surface area contributed by atoms with Crippen molar-refractivity contribution in [2.75, 3.05) is 29.1 Å². The zero-order valence-corrected chi connectivity index (χ0v) is 26.4. The standard InChI is InChI=1S/C33H32F2N6O5S/c1-20-24-14-21(22-15-29(33(45-2)37-18-22)41(47(43)44)28-12-11-23(34)17-25(28)35)16-30(32(24)39-19-38-20)46-13-7-3-4-10-31(42)40-27-9-6-5-8-26(27)36/h5-6,8-9,11-12,14-19H,3-4,7,10,13,36H2,1-2H3,(H,40,42)(H,43,44)/p-1. The number of carbonyl (C=O) groups excluding carboxylic acids is 1. The van der Waals surface area contributed by atoms with Crippen LogP contribution in [0.2, 0.25) is 0 Å². The SMILES string of the molecule is COc1ncc(-c2cc(OCCCCCC(=O)Nc3ccccc3N)c3ncnc(C)c3c2)cc1N(c1ccc(F)cc1F)S(=O)[O-]. The Morgan fingerprint density at radius 3 is 2.55 bits per heavy atom. The fraction of sp³-hybridized carbons (Fsp3) is 0.212. The molecule has 0 aliphatic rings. The topological polar surface area (TPSA) is 156 Å². The molecule has 0 fully saturated rings. The molecule has 0 aliphatic heterocycles. The van der Waals surface area contributed by atoms with E-state index in [2.05, 4.69) is 20.3 Å². The summed E-state index contributed by atoms with van der Waals surface area (Å²) in [6, 6.07) is 14.7. The summed E-state index contributed by atoms with van der Waals surface area (Å²) in [5.74, 6) is -1.70. The van der Waals surface area contributed by atoms with E-state index < -0.39 is 28.6 Å². The second-order valence-electron chi connectivity index (χ2n) is 10.5. The number of fused-ring (bicyclic) bond motifs is 1. The molecular formula is C33H31F2N6O5S-. The third kappa shape index (κ3) is 7.79. The second-order valence-corrected chi connectivity index (χ2v) is 11.3. The Labute approximate surface area is 272 Å². The van der Waals surface area contributed by atoms with Gasteiger partial charge in [-0.15, -0.1) is 0 Å². The molecule has 5 rings (SSSR count). The van der Waals surface area contributed by atoms with Crippen molar-refractivity contribution in [3.8, 4) is 22.8 Å². The number of ether oxygens (including phenoxy) is 2. The van der Waals surface area contributed by atoms with Gasteiger partial charge in [0.1, 0.15) is 29.1 Å². The number of anilines is 4. The number of nitrogens with zero attached hydrogens (tertiary/aromatic N) is 4. The summed E-state index contributed by atoms with van der Waals surface area (Å²) in [6.07, 6.45) is 5.30. The van der Waals surface area contributed by atoms with E-state index in [1.165, 1.54) is 25.7 Å². The van der Waals surface area contributed by atoms with Gasteiger partial charge in [0.25, 0.3) is 0 Å². The number of nitrogens with one attached hydrogen (secondary N) is 1. The third-order valence-corrected chi connectivity index (χ3v) is 7.99. The van der Waals surface area contributed by atoms with Crippen LogP contribution < -0.4 is 24.8 Å². The number of methoxy groups -OCH3 is 1. The van der Waals surface area contributed by atoms with Crippen LogP contribution in [0.5, 0.6) is 11.6 Å². The van der Waals surface area contributed by atoms with E-state index in [0.29, 0.717) is 81.1 Å². The minimum Gasteiger partial charge on any atom is -0.755 e. The van der Waals surface area contributed by atoms with Crippen LogP contribution in [-0.4, -0.2) is 43.3 Å². The molecule has 0 aliphatic carbocycles. The number of aromatic nitrogens is 3. The molecule has 0 saturated carbocycles. The molecule has 1 unspecified atom stereocenters. The van der Waals surface area contributed by atoms with Crippen LogP contribution in [0.1, 0.15) is 31.4 Å². The summed E-state index contributed by atoms with van der Waals surface area (Å²) in [7, 11) is 1.30. The maximum atomic E-state index is 14.7. The molecule has 14 heteroatoms. The Balaban J connectivity index is 1.36. The number of hydrogen-bond acceptors (Lipinski definition) is 9. The van der Waals surface area contributed by atoms with Gasteiger partial charge in [0, 0.05) is 35.3 Å². The van der Waals surface area contributed by atoms with Crippen molar-refractivity contribution < 1.29 is 31.8 Å². The molecule has 2 aromatic heterocycles. The quantitative estimate of drug-likeness (QED) is 0.0831. The van der Waals surface area contributed by atoms with Gasteiger partial charge in [0.05, 0.1) is 42.0 Å². The van der Waals surface area contributed by atoms with E-state index in [-0.39, 0.29) is 17.5 Å². The summed E-state index contributed by atoms with van der Waals surface area (Å²) >= 11 is -3.03. The van der Waals surface area contributed by atoms with Gasteiger partial charge in [-0.1, -0.05) is 12.1 Å². The first-order chi connectivity index (χ1) is 22.7. The Morgan fingerprint density at radius 1 is 1.00 bits per heavy atom. The normalized spacial score (nSPS) is 11.7. The number of nitrogen functional groups attached to an aromatic ring is 1. The van der Waals surface area contributed by atoms with Crippen LogP contribution in [0.15, 0.2) is 73.2 Å². The largest absolute Gasteiger partial charge is 0.755 e. The molecule has 3 N–H and O–H groups in total. The van der Waals surface area contributed by atoms with Gasteiger partial charge in [-0.25, -0.2) is 23.7 Å². The highest BCUT2D eigenvalue weighted by molar-refractivity contribution is 7.81. The summed E-state index contributed by atoms with van der Waals surface area (Å²) in [5.41, 5.74) is 8.79. The van der Waals surface area contributed by atoms with Crippen LogP contribution in [0.3, 0.4) is 0 Å². The lowest BCUT2D eigenvalue weighted by molar-refractivity contribution is -0.116. The average Bonchev–Trinajstić information content (AvgIpc) is 3.05. The number of para-hydroxylation sites is 2. The predicted octanol–water partition coefficient (Wildman–Crippen LogP) is 6.38. The molecule has 2 heterocycles. The molecule has 47 heavy (non-hydrogen) atoms. The predicted molar refractivity (Wildman–Crippen MR) is 175 cm³/mol. The Bertz CT molecular complexity index is 1950. The van der Waals surface area contributed by atoms with Crippen LogP contribution in [-0.2, 0) is 16.1 Å². The van der Waals surface area contributed by atoms with Gasteiger partial charge >= 0.3 is 0 Å². The van der Waals surface area contributed by atoms with Crippen molar-refractivity contribution >= 4 is 50.8 Å². The van der Waals surface area contributed by atoms with Gasteiger partial charge < -0.3 is 25.1 Å². The van der Waals surface area contributed by atoms with Crippen LogP contribution >= 0.6 is 0 Å². The van der Waals surface area contributed by atoms with Crippen LogP contribution in [0.25, 0.3) is 22.0 Å². The number of rotatable bonds is 13. The number of nitrogens with two attached hydrogens (primary N) is 1. The Morgan fingerprint density at radius 2 is 1.81 bits per heavy atom. The van der Waals surface area contributed by atoms with E-state index >= 15 is 0 Å². The summed E-state index contributed by atoms with van der Waals surface area (Å²) in [5, 5.41) is 3.52. The maximum Gasteiger partial charge on any atom is 0.238 e. The molecule has 3 aromatic carbocycles. The number of benzene rings is 3. The van der Waals surface area contributed by atoms with E-state index in [9.17, 15) is 22.3 Å². The fourth-order valence-electron chi connectivity index (χ4n) is 4.94. The zero-order chi connectivity index (χ0) is 33.5. The van der Waals surface area contributed by atoms with Gasteiger partial charge in [-0.3, -0.25) is 13.3 Å². The molecule has 0 radical (unpaired) electrons. The summed E-state index contributed by atoms with van der Waals surface area (Å²) in [6.45, 7) is 2.16. The Hall–Kier alpha value is -5.21. The van der Waals surface area contributed by atoms with Crippen molar-refractivity contribution in [1.82, 2.24) is 15.0 Å². The average molecular weight is 662 g/mol. The monoisotopic (exact) mass is 661 g/mol. The van der Waals surface area contributed by atoms with Gasteiger partial charge in [0.15, 0.2) is 5.82 Å². The Kier molecular flexibility index (Phi) is 10.5. The lowest BCUT2D eigenvalue weighted by atomic mass is 10.0. The first-order valence-corrected chi connectivity index (χ1v) is 15.6. The lowest BCUT2D eigenvalue weighted by Gasteiger charge is -2.28. The molecule has 11 nitrogen and oxygen atoms in total. The molecule has 0 spiro atoms. The highest BCUT2D eigenvalue weighted by atomic mass is 32.2. The van der Waals surface area contributed by atoms with E-state index in [1.807, 2.05) is 13.0 Å². The number of pyridine rings is 1. The van der Waals surface area contributed by atoms with Crippen molar-refractivity contribution in [3.63, 3.8) is 0 Å². The van der Waals surface area contributed by atoms with Crippen molar-refractivity contribution in [1.29, 1.82) is 0 Å². The molecular weight excluding hydrogens is 630 g/mol. The van der Waals surface area contributed by atoms with E-state index in [0.717, 1.165) is 18.6 Å². The number of unbranched alkanes of at least 4 members (excludes halogenated alkanes) is 2. The lowest BCUT2D eigenvalue weighted by Crippen LogP contribution is -2.22. The molecule has 244 valence electrons. The molecule has 1 amide bonds. The van der Waals surface area contributed by atoms with Crippen LogP contribution in [0, 0.1) is 18.6 Å². The number of amides is 1. The van der Waals surface area contributed by atoms with Gasteiger partial charge in [-0.05, 0) is 74.2 Å². The molecule has 0 bridgehead atoms. The van der Waals surface area contributed by atoms with E-state index in [4.69, 9.17) is 15.2 Å². The maximum absolute atomic E-state index is 14.7. The number of hydrogen-bond donors (Lipinski definition) is 2. The number of aryl methyl sites for hydroxylation is 1. The summed E-state index contributed by atoms with van der Waals surface area (Å²) in [4.78, 5) is 25.3. The zero-order valence-electron chi connectivity index (χ0n) is 25.5. The van der Waals surface area contributed by atoms with E-state index in [1.54, 1.807) is 30.3 Å². The van der Waals surface area contributed by atoms with Crippen LogP contribution in [0.4, 0.5) is 31.5 Å².